The summed E-state index contributed by atoms with van der Waals surface area (Å²) in [5.74, 6) is 0. The summed E-state index contributed by atoms with van der Waals surface area (Å²) in [5, 5.41) is 0. The van der Waals surface area contributed by atoms with Gasteiger partial charge in [-0.2, -0.15) is 0 Å². The maximum Gasteiger partial charge on any atom is 0.111 e. The minimum Gasteiger partial charge on any atom is -0.351 e. The van der Waals surface area contributed by atoms with Crippen LogP contribution in [0.2, 0.25) is 19.6 Å². The second-order valence-electron chi connectivity index (χ2n) is 4.04. The van der Waals surface area contributed by atoms with E-state index in [1.165, 1.54) is 16.8 Å². The molecule has 10 heavy (non-hydrogen) atoms. The molecule has 0 rings (SSSR count). The van der Waals surface area contributed by atoms with Crippen molar-refractivity contribution in [3.05, 3.63) is 0 Å². The van der Waals surface area contributed by atoms with Crippen LogP contribution in [0, 0.1) is 0 Å². The number of hydrogen-bond donors (Lipinski definition) is 0. The van der Waals surface area contributed by atoms with Crippen molar-refractivity contribution >= 4 is 18.6 Å². The summed E-state index contributed by atoms with van der Waals surface area (Å²) < 4.78 is 2.69. The van der Waals surface area contributed by atoms with E-state index in [1.807, 2.05) is 0 Å². The van der Waals surface area contributed by atoms with Crippen LogP contribution in [0.25, 0.3) is 0 Å². The summed E-state index contributed by atoms with van der Waals surface area (Å²) in [6.07, 6.45) is 1.30. The molecule has 0 radical (unpaired) electrons. The van der Waals surface area contributed by atoms with E-state index < -0.39 is 8.24 Å². The summed E-state index contributed by atoms with van der Waals surface area (Å²) in [7, 11) is 0.287. The Labute approximate surface area is 69.4 Å². The average Bonchev–Trinajstić information content (AvgIpc) is 1.83. The Morgan fingerprint density at radius 2 is 1.80 bits per heavy atom. The van der Waals surface area contributed by atoms with Crippen molar-refractivity contribution in [1.82, 2.24) is 4.23 Å². The van der Waals surface area contributed by atoms with E-state index in [1.54, 1.807) is 0 Å². The minimum absolute atomic E-state index is 0.818. The maximum absolute atomic E-state index is 2.69. The zero-order chi connectivity index (χ0) is 8.36. The molecule has 0 saturated heterocycles. The Bertz CT molecular complexity index is 98.3. The molecule has 0 bridgehead atoms. The molecule has 0 aromatic heterocycles. The summed E-state index contributed by atoms with van der Waals surface area (Å²) >= 11 is 0. The van der Waals surface area contributed by atoms with Gasteiger partial charge in [0.05, 0.1) is 10.4 Å². The lowest BCUT2D eigenvalue weighted by Gasteiger charge is -2.35. The lowest BCUT2D eigenvalue weighted by atomic mass is 10.3. The lowest BCUT2D eigenvalue weighted by Crippen LogP contribution is -2.48. The van der Waals surface area contributed by atoms with Crippen LogP contribution in [0.1, 0.15) is 20.3 Å². The molecule has 0 saturated carbocycles. The standard InChI is InChI=1S/C7H21NSi2/c1-6-7(2)8(9)10(3,4)5/h7H,6H2,1-5,9H3. The predicted octanol–water partition coefficient (Wildman–Crippen LogP) is 1.20. The van der Waals surface area contributed by atoms with E-state index in [0.29, 0.717) is 0 Å². The molecule has 3 heteroatoms. The molecular weight excluding hydrogens is 154 g/mol. The molecule has 0 aliphatic heterocycles. The van der Waals surface area contributed by atoms with Crippen molar-refractivity contribution in [2.75, 3.05) is 0 Å². The van der Waals surface area contributed by atoms with Gasteiger partial charge in [0.15, 0.2) is 0 Å². The van der Waals surface area contributed by atoms with Crippen molar-refractivity contribution in [3.8, 4) is 0 Å². The van der Waals surface area contributed by atoms with Crippen molar-refractivity contribution < 1.29 is 0 Å². The summed E-state index contributed by atoms with van der Waals surface area (Å²) in [4.78, 5) is 0. The molecule has 1 unspecified atom stereocenters. The van der Waals surface area contributed by atoms with E-state index in [-0.39, 0.29) is 0 Å². The third-order valence-corrected chi connectivity index (χ3v) is 9.77. The highest BCUT2D eigenvalue weighted by molar-refractivity contribution is 6.77. The Morgan fingerprint density at radius 1 is 1.40 bits per heavy atom. The number of rotatable bonds is 3. The van der Waals surface area contributed by atoms with E-state index in [0.717, 1.165) is 6.04 Å². The first kappa shape index (κ1) is 10.4. The third kappa shape index (κ3) is 2.99. The quantitative estimate of drug-likeness (QED) is 0.583. The van der Waals surface area contributed by atoms with Gasteiger partial charge in [-0.1, -0.05) is 33.5 Å². The molecule has 0 heterocycles. The van der Waals surface area contributed by atoms with Crippen LogP contribution < -0.4 is 0 Å². The first-order valence-corrected chi connectivity index (χ1v) is 8.46. The Balaban J connectivity index is 3.94. The average molecular weight is 175 g/mol. The highest BCUT2D eigenvalue weighted by Gasteiger charge is 2.22. The predicted molar refractivity (Wildman–Crippen MR) is 54.9 cm³/mol. The second kappa shape index (κ2) is 3.69. The van der Waals surface area contributed by atoms with Crippen molar-refractivity contribution in [1.29, 1.82) is 0 Å². The molecule has 0 spiro atoms. The summed E-state index contributed by atoms with van der Waals surface area (Å²) in [6, 6.07) is 0.818. The van der Waals surface area contributed by atoms with E-state index in [4.69, 9.17) is 0 Å². The van der Waals surface area contributed by atoms with Gasteiger partial charge in [0, 0.05) is 0 Å². The van der Waals surface area contributed by atoms with Crippen LogP contribution in [0.4, 0.5) is 0 Å². The van der Waals surface area contributed by atoms with Crippen molar-refractivity contribution in [2.45, 2.75) is 46.0 Å². The molecule has 0 amide bonds. The molecule has 0 aliphatic rings. The van der Waals surface area contributed by atoms with Gasteiger partial charge in [0.1, 0.15) is 8.24 Å². The SMILES string of the molecule is CCC(C)N([SiH3])[Si](C)(C)C. The highest BCUT2D eigenvalue weighted by Crippen LogP contribution is 2.11. The van der Waals surface area contributed by atoms with Crippen LogP contribution in [0.15, 0.2) is 0 Å². The van der Waals surface area contributed by atoms with Gasteiger partial charge in [0.2, 0.25) is 0 Å². The Kier molecular flexibility index (Phi) is 3.83. The van der Waals surface area contributed by atoms with E-state index in [9.17, 15) is 0 Å². The first-order valence-electron chi connectivity index (χ1n) is 4.12. The lowest BCUT2D eigenvalue weighted by molar-refractivity contribution is 0.484. The topological polar surface area (TPSA) is 3.24 Å². The smallest absolute Gasteiger partial charge is 0.111 e. The Morgan fingerprint density at radius 3 is 1.90 bits per heavy atom. The van der Waals surface area contributed by atoms with Crippen LogP contribution in [-0.4, -0.2) is 28.9 Å². The summed E-state index contributed by atoms with van der Waals surface area (Å²) in [6.45, 7) is 11.9. The van der Waals surface area contributed by atoms with E-state index in [2.05, 4.69) is 37.7 Å². The molecular formula is C7H21NSi2. The normalized spacial score (nSPS) is 16.2. The van der Waals surface area contributed by atoms with Gasteiger partial charge < -0.3 is 4.23 Å². The molecule has 62 valence electrons. The van der Waals surface area contributed by atoms with Gasteiger partial charge in [-0.05, 0) is 12.5 Å². The first-order chi connectivity index (χ1) is 4.39. The number of hydrogen-bond acceptors (Lipinski definition) is 1. The van der Waals surface area contributed by atoms with Crippen molar-refractivity contribution in [2.24, 2.45) is 0 Å². The molecule has 0 aliphatic carbocycles. The van der Waals surface area contributed by atoms with E-state index >= 15 is 0 Å². The van der Waals surface area contributed by atoms with Gasteiger partial charge in [-0.3, -0.25) is 0 Å². The molecule has 0 aromatic rings. The zero-order valence-corrected chi connectivity index (χ0v) is 11.2. The van der Waals surface area contributed by atoms with Crippen LogP contribution >= 0.6 is 0 Å². The van der Waals surface area contributed by atoms with Gasteiger partial charge in [-0.15, -0.1) is 0 Å². The molecule has 1 atom stereocenters. The van der Waals surface area contributed by atoms with Crippen LogP contribution in [-0.2, 0) is 0 Å². The van der Waals surface area contributed by atoms with Gasteiger partial charge in [0.25, 0.3) is 0 Å². The van der Waals surface area contributed by atoms with Crippen LogP contribution in [0.5, 0.6) is 0 Å². The minimum atomic E-state index is -0.950. The molecule has 0 fully saturated rings. The number of nitrogens with zero attached hydrogens (tertiary/aromatic N) is 1. The molecule has 0 aromatic carbocycles. The van der Waals surface area contributed by atoms with Gasteiger partial charge in [-0.25, -0.2) is 0 Å². The van der Waals surface area contributed by atoms with Gasteiger partial charge >= 0.3 is 0 Å². The third-order valence-electron chi connectivity index (χ3n) is 2.31. The zero-order valence-electron chi connectivity index (χ0n) is 8.23. The van der Waals surface area contributed by atoms with Crippen LogP contribution in [0.3, 0.4) is 0 Å². The fourth-order valence-electron chi connectivity index (χ4n) is 0.935. The molecule has 0 N–H and O–H groups in total. The second-order valence-corrected chi connectivity index (χ2v) is 10.9. The largest absolute Gasteiger partial charge is 0.351 e. The Hall–Kier alpha value is 0.394. The maximum atomic E-state index is 2.69. The fourth-order valence-corrected chi connectivity index (χ4v) is 2.81. The summed E-state index contributed by atoms with van der Waals surface area (Å²) in [5.41, 5.74) is 0. The highest BCUT2D eigenvalue weighted by atomic mass is 28.4. The fraction of sp³-hybridized carbons (Fsp3) is 1.00. The van der Waals surface area contributed by atoms with Crippen molar-refractivity contribution in [3.63, 3.8) is 0 Å². The molecule has 1 nitrogen and oxygen atoms in total. The monoisotopic (exact) mass is 175 g/mol.